The van der Waals surface area contributed by atoms with E-state index in [1.165, 1.54) is 6.92 Å². The van der Waals surface area contributed by atoms with Crippen LogP contribution in [0.25, 0.3) is 0 Å². The second-order valence-electron chi connectivity index (χ2n) is 3.15. The van der Waals surface area contributed by atoms with Crippen molar-refractivity contribution in [2.24, 2.45) is 0 Å². The van der Waals surface area contributed by atoms with Crippen LogP contribution in [0, 0.1) is 20.2 Å². The molecule has 0 spiro atoms. The van der Waals surface area contributed by atoms with E-state index in [9.17, 15) is 25.0 Å². The molecular weight excluding hydrogens is 392 g/mol. The minimum absolute atomic E-state index is 0.0574. The minimum Gasteiger partial charge on any atom is -0.462 e. The highest BCUT2D eigenvalue weighted by Crippen LogP contribution is 2.41. The number of rotatable bonds is 4. The van der Waals surface area contributed by atoms with E-state index in [0.29, 0.717) is 0 Å². The zero-order valence-electron chi connectivity index (χ0n) is 9.38. The second-order valence-corrected chi connectivity index (χ2v) is 4.86. The summed E-state index contributed by atoms with van der Waals surface area (Å²) >= 11 is 5.80. The molecule has 0 radical (unpaired) electrons. The highest BCUT2D eigenvalue weighted by Gasteiger charge is 2.36. The van der Waals surface area contributed by atoms with E-state index in [4.69, 9.17) is 0 Å². The van der Waals surface area contributed by atoms with Gasteiger partial charge in [0.1, 0.15) is 0 Å². The summed E-state index contributed by atoms with van der Waals surface area (Å²) in [6.07, 6.45) is 0. The van der Waals surface area contributed by atoms with Gasteiger partial charge in [-0.15, -0.1) is 0 Å². The molecule has 19 heavy (non-hydrogen) atoms. The van der Waals surface area contributed by atoms with E-state index in [0.717, 1.165) is 6.07 Å². The monoisotopic (exact) mass is 396 g/mol. The fourth-order valence-electron chi connectivity index (χ4n) is 1.35. The van der Waals surface area contributed by atoms with Gasteiger partial charge < -0.3 is 4.74 Å². The zero-order valence-corrected chi connectivity index (χ0v) is 12.6. The molecule has 0 saturated carbocycles. The number of hydrogen-bond donors (Lipinski definition) is 0. The highest BCUT2D eigenvalue weighted by atomic mass is 79.9. The Hall–Kier alpha value is -1.55. The highest BCUT2D eigenvalue weighted by molar-refractivity contribution is 9.11. The van der Waals surface area contributed by atoms with Gasteiger partial charge in [-0.2, -0.15) is 0 Å². The fraction of sp³-hybridized carbons (Fsp3) is 0.222. The van der Waals surface area contributed by atoms with Crippen molar-refractivity contribution < 1.29 is 19.4 Å². The molecule has 0 amide bonds. The van der Waals surface area contributed by atoms with Gasteiger partial charge in [-0.25, -0.2) is 4.79 Å². The molecule has 0 aromatic heterocycles. The van der Waals surface area contributed by atoms with Gasteiger partial charge in [-0.1, -0.05) is 0 Å². The van der Waals surface area contributed by atoms with Crippen molar-refractivity contribution in [1.82, 2.24) is 0 Å². The summed E-state index contributed by atoms with van der Waals surface area (Å²) in [4.78, 5) is 31.9. The van der Waals surface area contributed by atoms with Gasteiger partial charge in [0.2, 0.25) is 5.56 Å². The number of ether oxygens (including phenoxy) is 1. The molecule has 0 bridgehead atoms. The molecule has 0 aliphatic rings. The van der Waals surface area contributed by atoms with Gasteiger partial charge in [0.05, 0.1) is 25.4 Å². The Balaban J connectivity index is 3.73. The molecular formula is C9H6Br2N2O6. The number of halogens is 2. The van der Waals surface area contributed by atoms with Gasteiger partial charge in [0.15, 0.2) is 0 Å². The first kappa shape index (κ1) is 15.5. The number of nitro benzene ring substituents is 2. The van der Waals surface area contributed by atoms with Crippen molar-refractivity contribution in [3.05, 3.63) is 40.8 Å². The first-order valence-electron chi connectivity index (χ1n) is 4.79. The molecule has 10 heteroatoms. The van der Waals surface area contributed by atoms with Crippen LogP contribution < -0.4 is 0 Å². The fourth-order valence-corrected chi connectivity index (χ4v) is 2.80. The predicted molar refractivity (Wildman–Crippen MR) is 71.1 cm³/mol. The molecule has 1 aromatic carbocycles. The summed E-state index contributed by atoms with van der Waals surface area (Å²) in [5.41, 5.74) is -2.10. The molecule has 0 aliphatic carbocycles. The molecule has 8 nitrogen and oxygen atoms in total. The Kier molecular flexibility index (Phi) is 4.95. The van der Waals surface area contributed by atoms with Crippen molar-refractivity contribution in [3.8, 4) is 0 Å². The normalized spacial score (nSPS) is 10.1. The third kappa shape index (κ3) is 3.07. The average molecular weight is 398 g/mol. The Morgan fingerprint density at radius 2 is 1.63 bits per heavy atom. The first-order chi connectivity index (χ1) is 8.81. The van der Waals surface area contributed by atoms with Crippen LogP contribution >= 0.6 is 31.9 Å². The quantitative estimate of drug-likeness (QED) is 0.438. The zero-order chi connectivity index (χ0) is 14.7. The maximum absolute atomic E-state index is 11.7. The number of carbonyl (C=O) groups excluding carboxylic acids is 1. The molecule has 0 heterocycles. The second kappa shape index (κ2) is 6.06. The summed E-state index contributed by atoms with van der Waals surface area (Å²) in [5.74, 6) is -1.12. The van der Waals surface area contributed by atoms with Gasteiger partial charge in [0, 0.05) is 0 Å². The van der Waals surface area contributed by atoms with Crippen LogP contribution in [-0.4, -0.2) is 22.4 Å². The molecule has 0 unspecified atom stereocenters. The predicted octanol–water partition coefficient (Wildman–Crippen LogP) is 3.20. The number of esters is 1. The molecule has 0 atom stereocenters. The summed E-state index contributed by atoms with van der Waals surface area (Å²) in [6, 6.07) is 1.14. The van der Waals surface area contributed by atoms with E-state index in [1.807, 2.05) is 0 Å². The SMILES string of the molecule is CCOC(=O)c1c([N+](=O)[O-])c(Br)cc(Br)c1[N+](=O)[O-]. The lowest BCUT2D eigenvalue weighted by Gasteiger charge is -2.06. The smallest absolute Gasteiger partial charge is 0.352 e. The van der Waals surface area contributed by atoms with Crippen LogP contribution in [0.3, 0.4) is 0 Å². The first-order valence-corrected chi connectivity index (χ1v) is 6.37. The van der Waals surface area contributed by atoms with Gasteiger partial charge >= 0.3 is 17.3 Å². The van der Waals surface area contributed by atoms with Crippen molar-refractivity contribution in [1.29, 1.82) is 0 Å². The Morgan fingerprint density at radius 1 is 1.21 bits per heavy atom. The van der Waals surface area contributed by atoms with Crippen LogP contribution in [0.15, 0.2) is 15.0 Å². The summed E-state index contributed by atoms with van der Waals surface area (Å²) < 4.78 is 4.52. The van der Waals surface area contributed by atoms with Crippen LogP contribution in [0.5, 0.6) is 0 Å². The Labute approximate surface area is 123 Å². The molecule has 0 saturated heterocycles. The number of hydrogen-bond acceptors (Lipinski definition) is 6. The molecule has 1 aromatic rings. The lowest BCUT2D eigenvalue weighted by atomic mass is 10.1. The van der Waals surface area contributed by atoms with Crippen molar-refractivity contribution >= 4 is 49.2 Å². The van der Waals surface area contributed by atoms with Crippen LogP contribution in [0.4, 0.5) is 11.4 Å². The average Bonchev–Trinajstić information content (AvgIpc) is 2.26. The molecule has 102 valence electrons. The van der Waals surface area contributed by atoms with Gasteiger partial charge in [-0.05, 0) is 44.8 Å². The lowest BCUT2D eigenvalue weighted by molar-refractivity contribution is -0.395. The minimum atomic E-state index is -1.12. The number of nitro groups is 2. The summed E-state index contributed by atoms with van der Waals surface area (Å²) in [6.45, 7) is 1.43. The molecule has 0 fully saturated rings. The molecule has 1 rings (SSSR count). The van der Waals surface area contributed by atoms with E-state index < -0.39 is 32.8 Å². The third-order valence-corrected chi connectivity index (χ3v) is 3.23. The van der Waals surface area contributed by atoms with Crippen molar-refractivity contribution in [2.45, 2.75) is 6.92 Å². The maximum atomic E-state index is 11.7. The van der Waals surface area contributed by atoms with Crippen molar-refractivity contribution in [3.63, 3.8) is 0 Å². The van der Waals surface area contributed by atoms with Gasteiger partial charge in [0.25, 0.3) is 0 Å². The largest absolute Gasteiger partial charge is 0.462 e. The lowest BCUT2D eigenvalue weighted by Crippen LogP contribution is -2.12. The van der Waals surface area contributed by atoms with Crippen LogP contribution in [0.1, 0.15) is 17.3 Å². The summed E-state index contributed by atoms with van der Waals surface area (Å²) in [5, 5.41) is 21.9. The summed E-state index contributed by atoms with van der Waals surface area (Å²) in [7, 11) is 0. The van der Waals surface area contributed by atoms with Crippen LogP contribution in [-0.2, 0) is 4.74 Å². The van der Waals surface area contributed by atoms with E-state index in [-0.39, 0.29) is 15.6 Å². The number of carbonyl (C=O) groups is 1. The maximum Gasteiger partial charge on any atom is 0.352 e. The topological polar surface area (TPSA) is 113 Å². The molecule has 0 N–H and O–H groups in total. The molecule has 0 aliphatic heterocycles. The Bertz CT molecular complexity index is 536. The number of benzene rings is 1. The van der Waals surface area contributed by atoms with E-state index >= 15 is 0 Å². The standard InChI is InChI=1S/C9H6Br2N2O6/c1-2-19-9(14)6-7(12(15)16)4(10)3-5(11)8(6)13(17)18/h3H,2H2,1H3. The third-order valence-electron chi connectivity index (χ3n) is 2.02. The Morgan fingerprint density at radius 3 is 1.95 bits per heavy atom. The van der Waals surface area contributed by atoms with E-state index in [1.54, 1.807) is 0 Å². The number of nitrogens with zero attached hydrogens (tertiary/aromatic N) is 2. The van der Waals surface area contributed by atoms with E-state index in [2.05, 4.69) is 36.6 Å². The van der Waals surface area contributed by atoms with Gasteiger partial charge in [-0.3, -0.25) is 20.2 Å². The van der Waals surface area contributed by atoms with Crippen LogP contribution in [0.2, 0.25) is 0 Å². The van der Waals surface area contributed by atoms with Crippen molar-refractivity contribution in [2.75, 3.05) is 6.61 Å².